The first-order valence-electron chi connectivity index (χ1n) is 7.33. The highest BCUT2D eigenvalue weighted by Crippen LogP contribution is 2.30. The predicted molar refractivity (Wildman–Crippen MR) is 94.9 cm³/mol. The number of carbonyl (C=O) groups is 1. The molecule has 0 heterocycles. The predicted octanol–water partition coefficient (Wildman–Crippen LogP) is 5.00. The van der Waals surface area contributed by atoms with Gasteiger partial charge in [0.05, 0.1) is 5.56 Å². The Morgan fingerprint density at radius 1 is 1.30 bits per heavy atom. The van der Waals surface area contributed by atoms with Gasteiger partial charge in [-0.05, 0) is 65.5 Å². The summed E-state index contributed by atoms with van der Waals surface area (Å²) in [5.74, 6) is 1.62. The number of hydrogen-bond acceptors (Lipinski definition) is 1. The number of benzene rings is 1. The number of carbonyl (C=O) groups excluding carboxylic acids is 1. The first kappa shape index (κ1) is 16.3. The molecule has 0 unspecified atom stereocenters. The Hall–Kier alpha value is -0.100. The minimum atomic E-state index is 0.0494. The van der Waals surface area contributed by atoms with Crippen LogP contribution in [-0.2, 0) is 0 Å². The topological polar surface area (TPSA) is 29.1 Å². The van der Waals surface area contributed by atoms with Gasteiger partial charge < -0.3 is 5.32 Å². The average Bonchev–Trinajstić information content (AvgIpc) is 2.47. The molecule has 1 aromatic rings. The zero-order valence-electron chi connectivity index (χ0n) is 11.8. The molecule has 1 aliphatic rings. The molecule has 1 amide bonds. The molecule has 1 N–H and O–H groups in total. The maximum Gasteiger partial charge on any atom is 0.252 e. The van der Waals surface area contributed by atoms with Gasteiger partial charge in [-0.3, -0.25) is 4.79 Å². The van der Waals surface area contributed by atoms with Crippen LogP contribution in [0.25, 0.3) is 0 Å². The van der Waals surface area contributed by atoms with Crippen molar-refractivity contribution in [2.45, 2.75) is 39.0 Å². The second kappa shape index (κ2) is 7.78. The lowest BCUT2D eigenvalue weighted by molar-refractivity contribution is 0.0940. The van der Waals surface area contributed by atoms with Gasteiger partial charge >= 0.3 is 0 Å². The Kier molecular flexibility index (Phi) is 6.33. The molecule has 110 valence electrons. The molecule has 0 radical (unpaired) electrons. The van der Waals surface area contributed by atoms with Gasteiger partial charge in [-0.15, -0.1) is 0 Å². The normalized spacial score (nSPS) is 22.6. The second-order valence-corrected chi connectivity index (χ2v) is 7.71. The van der Waals surface area contributed by atoms with Gasteiger partial charge in [0, 0.05) is 14.6 Å². The van der Waals surface area contributed by atoms with Crippen molar-refractivity contribution in [3.8, 4) is 0 Å². The summed E-state index contributed by atoms with van der Waals surface area (Å²) in [6.07, 6.45) is 6.47. The van der Waals surface area contributed by atoms with Crippen LogP contribution in [0.5, 0.6) is 0 Å². The quantitative estimate of drug-likeness (QED) is 0.644. The summed E-state index contributed by atoms with van der Waals surface area (Å²) in [7, 11) is 0. The van der Waals surface area contributed by atoms with Gasteiger partial charge in [0.1, 0.15) is 0 Å². The van der Waals surface area contributed by atoms with Gasteiger partial charge in [-0.25, -0.2) is 0 Å². The van der Waals surface area contributed by atoms with Gasteiger partial charge in [0.15, 0.2) is 0 Å². The summed E-state index contributed by atoms with van der Waals surface area (Å²) in [6, 6.07) is 5.82. The van der Waals surface area contributed by atoms with Crippen molar-refractivity contribution in [1.29, 1.82) is 0 Å². The van der Waals surface area contributed by atoms with Crippen LogP contribution < -0.4 is 5.32 Å². The van der Waals surface area contributed by atoms with Crippen molar-refractivity contribution in [3.05, 3.63) is 31.8 Å². The Labute approximate surface area is 143 Å². The molecule has 0 spiro atoms. The highest BCUT2D eigenvalue weighted by Gasteiger charge is 2.20. The zero-order chi connectivity index (χ0) is 14.5. The third-order valence-electron chi connectivity index (χ3n) is 4.27. The van der Waals surface area contributed by atoms with Crippen molar-refractivity contribution in [1.82, 2.24) is 5.32 Å². The molecule has 0 bridgehead atoms. The van der Waals surface area contributed by atoms with Gasteiger partial charge in [-0.2, -0.15) is 0 Å². The van der Waals surface area contributed by atoms with E-state index >= 15 is 0 Å². The Morgan fingerprint density at radius 3 is 2.60 bits per heavy atom. The highest BCUT2D eigenvalue weighted by molar-refractivity contribution is 14.1. The van der Waals surface area contributed by atoms with E-state index in [4.69, 9.17) is 0 Å². The van der Waals surface area contributed by atoms with E-state index in [-0.39, 0.29) is 5.91 Å². The Bertz CT molecular complexity index is 470. The van der Waals surface area contributed by atoms with E-state index in [9.17, 15) is 4.79 Å². The van der Waals surface area contributed by atoms with Crippen LogP contribution >= 0.6 is 38.5 Å². The first-order valence-corrected chi connectivity index (χ1v) is 9.20. The van der Waals surface area contributed by atoms with Crippen LogP contribution in [0.4, 0.5) is 0 Å². The van der Waals surface area contributed by atoms with Crippen molar-refractivity contribution in [3.63, 3.8) is 0 Å². The lowest BCUT2D eigenvalue weighted by Crippen LogP contribution is -2.31. The fourth-order valence-electron chi connectivity index (χ4n) is 2.85. The number of halogens is 2. The molecule has 0 atom stereocenters. The van der Waals surface area contributed by atoms with E-state index in [0.717, 1.165) is 26.1 Å². The van der Waals surface area contributed by atoms with Crippen LogP contribution in [0.1, 0.15) is 49.4 Å². The summed E-state index contributed by atoms with van der Waals surface area (Å²) in [5.41, 5.74) is 0.766. The average molecular weight is 450 g/mol. The monoisotopic (exact) mass is 449 g/mol. The summed E-state index contributed by atoms with van der Waals surface area (Å²) in [5, 5.41) is 3.10. The molecule has 0 aliphatic heterocycles. The number of rotatable bonds is 4. The minimum absolute atomic E-state index is 0.0494. The summed E-state index contributed by atoms with van der Waals surface area (Å²) in [4.78, 5) is 12.2. The molecule has 4 heteroatoms. The SMILES string of the molecule is CCC1CCC(CNC(=O)c2cc(Br)ccc2I)CC1. The van der Waals surface area contributed by atoms with Crippen LogP contribution in [0.3, 0.4) is 0 Å². The molecular weight excluding hydrogens is 429 g/mol. The number of amides is 1. The van der Waals surface area contributed by atoms with Gasteiger partial charge in [0.2, 0.25) is 0 Å². The first-order chi connectivity index (χ1) is 9.60. The third kappa shape index (κ3) is 4.45. The molecule has 0 saturated heterocycles. The molecule has 1 aliphatic carbocycles. The standard InChI is InChI=1S/C16H21BrINO/c1-2-11-3-5-12(6-4-11)10-19-16(20)14-9-13(17)7-8-15(14)18/h7-9,11-12H,2-6,10H2,1H3,(H,19,20). The lowest BCUT2D eigenvalue weighted by Gasteiger charge is -2.27. The number of hydrogen-bond donors (Lipinski definition) is 1. The molecule has 20 heavy (non-hydrogen) atoms. The fraction of sp³-hybridized carbons (Fsp3) is 0.562. The Balaban J connectivity index is 1.85. The number of nitrogens with one attached hydrogen (secondary N) is 1. The summed E-state index contributed by atoms with van der Waals surface area (Å²) < 4.78 is 1.95. The van der Waals surface area contributed by atoms with Crippen LogP contribution in [-0.4, -0.2) is 12.5 Å². The maximum atomic E-state index is 12.2. The molecule has 2 rings (SSSR count). The molecule has 2 nitrogen and oxygen atoms in total. The van der Waals surface area contributed by atoms with E-state index in [1.807, 2.05) is 18.2 Å². The maximum absolute atomic E-state index is 12.2. The zero-order valence-corrected chi connectivity index (χ0v) is 15.5. The molecule has 1 saturated carbocycles. The van der Waals surface area contributed by atoms with Gasteiger partial charge in [-0.1, -0.05) is 42.1 Å². The van der Waals surface area contributed by atoms with E-state index in [1.54, 1.807) is 0 Å². The summed E-state index contributed by atoms with van der Waals surface area (Å²) in [6.45, 7) is 3.10. The van der Waals surface area contributed by atoms with Crippen molar-refractivity contribution in [2.75, 3.05) is 6.54 Å². The molecular formula is C16H21BrINO. The lowest BCUT2D eigenvalue weighted by atomic mass is 9.81. The Morgan fingerprint density at radius 2 is 1.95 bits per heavy atom. The van der Waals surface area contributed by atoms with E-state index < -0.39 is 0 Å². The minimum Gasteiger partial charge on any atom is -0.352 e. The molecule has 1 fully saturated rings. The molecule has 0 aromatic heterocycles. The molecule has 1 aromatic carbocycles. The van der Waals surface area contributed by atoms with E-state index in [0.29, 0.717) is 5.92 Å². The second-order valence-electron chi connectivity index (χ2n) is 5.63. The largest absolute Gasteiger partial charge is 0.352 e. The smallest absolute Gasteiger partial charge is 0.252 e. The van der Waals surface area contributed by atoms with E-state index in [2.05, 4.69) is 50.8 Å². The van der Waals surface area contributed by atoms with Crippen molar-refractivity contribution < 1.29 is 4.79 Å². The van der Waals surface area contributed by atoms with Crippen LogP contribution in [0.2, 0.25) is 0 Å². The van der Waals surface area contributed by atoms with Crippen LogP contribution in [0, 0.1) is 15.4 Å². The summed E-state index contributed by atoms with van der Waals surface area (Å²) >= 11 is 5.64. The van der Waals surface area contributed by atoms with E-state index in [1.165, 1.54) is 32.1 Å². The van der Waals surface area contributed by atoms with Crippen molar-refractivity contribution in [2.24, 2.45) is 11.8 Å². The highest BCUT2D eigenvalue weighted by atomic mass is 127. The van der Waals surface area contributed by atoms with Crippen LogP contribution in [0.15, 0.2) is 22.7 Å². The van der Waals surface area contributed by atoms with Gasteiger partial charge in [0.25, 0.3) is 5.91 Å². The van der Waals surface area contributed by atoms with Crippen molar-refractivity contribution >= 4 is 44.4 Å². The third-order valence-corrected chi connectivity index (χ3v) is 5.70. The fourth-order valence-corrected chi connectivity index (χ4v) is 3.79.